The molecule has 1 aromatic heterocycles. The lowest BCUT2D eigenvalue weighted by molar-refractivity contribution is -0.176. The van der Waals surface area contributed by atoms with Crippen molar-refractivity contribution in [2.75, 3.05) is 7.05 Å². The summed E-state index contributed by atoms with van der Waals surface area (Å²) >= 11 is 6.15. The summed E-state index contributed by atoms with van der Waals surface area (Å²) in [5, 5.41) is 9.48. The van der Waals surface area contributed by atoms with E-state index in [0.717, 1.165) is 17.0 Å². The van der Waals surface area contributed by atoms with Crippen molar-refractivity contribution in [3.05, 3.63) is 95.5 Å². The van der Waals surface area contributed by atoms with Crippen LogP contribution in [0.2, 0.25) is 5.02 Å². The van der Waals surface area contributed by atoms with Gasteiger partial charge in [-0.3, -0.25) is 9.52 Å². The zero-order valence-corrected chi connectivity index (χ0v) is 16.8. The van der Waals surface area contributed by atoms with Gasteiger partial charge in [0.15, 0.2) is 0 Å². The minimum absolute atomic E-state index is 0.0520. The third-order valence-corrected chi connectivity index (χ3v) is 6.08. The number of halogens is 1. The average molecular weight is 405 g/mol. The fraction of sp³-hybridized carbons (Fsp3) is 0.217. The third kappa shape index (κ3) is 3.31. The van der Waals surface area contributed by atoms with Crippen LogP contribution in [0.1, 0.15) is 23.7 Å². The highest BCUT2D eigenvalue weighted by Gasteiger charge is 2.47. The number of hydrogen-bond donors (Lipinski definition) is 0. The standard InChI is InChI=1S/C23H21ClN4O/c1-27-23(14-28-16-25-15-26-28,20-8-10-21(24)11-9-20)13-22(29-27)19-7-6-17-4-2-3-5-18(17)12-19/h2-12,15-16,22H,13-14H2,1H3/t22-,23-/m1/s1. The van der Waals surface area contributed by atoms with Gasteiger partial charge in [0.25, 0.3) is 0 Å². The Morgan fingerprint density at radius 3 is 2.62 bits per heavy atom. The Morgan fingerprint density at radius 1 is 1.07 bits per heavy atom. The molecule has 146 valence electrons. The van der Waals surface area contributed by atoms with Crippen LogP contribution in [-0.2, 0) is 16.9 Å². The quantitative estimate of drug-likeness (QED) is 0.480. The molecule has 5 rings (SSSR count). The van der Waals surface area contributed by atoms with Gasteiger partial charge in [-0.1, -0.05) is 60.1 Å². The number of aromatic nitrogens is 3. The van der Waals surface area contributed by atoms with Gasteiger partial charge < -0.3 is 0 Å². The zero-order chi connectivity index (χ0) is 19.8. The van der Waals surface area contributed by atoms with Gasteiger partial charge in [0.1, 0.15) is 18.8 Å². The van der Waals surface area contributed by atoms with Crippen molar-refractivity contribution in [2.24, 2.45) is 0 Å². The first kappa shape index (κ1) is 18.3. The first-order valence-electron chi connectivity index (χ1n) is 9.62. The lowest BCUT2D eigenvalue weighted by Crippen LogP contribution is -2.41. The summed E-state index contributed by atoms with van der Waals surface area (Å²) < 4.78 is 1.86. The highest BCUT2D eigenvalue weighted by molar-refractivity contribution is 6.30. The minimum atomic E-state index is -0.380. The van der Waals surface area contributed by atoms with Crippen LogP contribution in [0.3, 0.4) is 0 Å². The van der Waals surface area contributed by atoms with Crippen molar-refractivity contribution >= 4 is 22.4 Å². The monoisotopic (exact) mass is 404 g/mol. The molecular weight excluding hydrogens is 384 g/mol. The fourth-order valence-corrected chi connectivity index (χ4v) is 4.37. The molecule has 1 aliphatic rings. The molecule has 5 nitrogen and oxygen atoms in total. The first-order chi connectivity index (χ1) is 14.1. The van der Waals surface area contributed by atoms with Crippen molar-refractivity contribution in [3.63, 3.8) is 0 Å². The molecule has 0 saturated carbocycles. The van der Waals surface area contributed by atoms with Crippen LogP contribution < -0.4 is 0 Å². The van der Waals surface area contributed by atoms with E-state index in [4.69, 9.17) is 16.4 Å². The number of nitrogens with zero attached hydrogens (tertiary/aromatic N) is 4. The van der Waals surface area contributed by atoms with Gasteiger partial charge >= 0.3 is 0 Å². The topological polar surface area (TPSA) is 43.2 Å². The number of hydroxylamine groups is 2. The van der Waals surface area contributed by atoms with E-state index in [1.807, 2.05) is 28.9 Å². The molecule has 1 aliphatic heterocycles. The second-order valence-corrected chi connectivity index (χ2v) is 7.97. The molecule has 1 fully saturated rings. The zero-order valence-electron chi connectivity index (χ0n) is 16.1. The predicted molar refractivity (Wildman–Crippen MR) is 113 cm³/mol. The lowest BCUT2D eigenvalue weighted by atomic mass is 9.83. The summed E-state index contributed by atoms with van der Waals surface area (Å²) in [6.45, 7) is 0.634. The SMILES string of the molecule is CN1O[C@@H](c2ccc3ccccc3c2)C[C@@]1(Cn1cncn1)c1ccc(Cl)cc1. The van der Waals surface area contributed by atoms with E-state index in [2.05, 4.69) is 64.7 Å². The maximum Gasteiger partial charge on any atom is 0.137 e. The van der Waals surface area contributed by atoms with E-state index in [1.54, 1.807) is 12.7 Å². The largest absolute Gasteiger partial charge is 0.290 e. The van der Waals surface area contributed by atoms with Crippen molar-refractivity contribution in [1.29, 1.82) is 0 Å². The van der Waals surface area contributed by atoms with E-state index >= 15 is 0 Å². The predicted octanol–water partition coefficient (Wildman–Crippen LogP) is 4.99. The van der Waals surface area contributed by atoms with Gasteiger partial charge in [-0.25, -0.2) is 4.98 Å². The summed E-state index contributed by atoms with van der Waals surface area (Å²) in [5.74, 6) is 0. The Morgan fingerprint density at radius 2 is 1.86 bits per heavy atom. The highest BCUT2D eigenvalue weighted by Crippen LogP contribution is 2.47. The van der Waals surface area contributed by atoms with E-state index in [1.165, 1.54) is 16.3 Å². The van der Waals surface area contributed by atoms with Gasteiger partial charge in [-0.2, -0.15) is 10.2 Å². The van der Waals surface area contributed by atoms with Crippen molar-refractivity contribution < 1.29 is 4.84 Å². The van der Waals surface area contributed by atoms with Gasteiger partial charge in [-0.15, -0.1) is 0 Å². The second kappa shape index (κ2) is 7.26. The molecule has 4 aromatic rings. The van der Waals surface area contributed by atoms with Crippen LogP contribution in [0.4, 0.5) is 0 Å². The normalized spacial score (nSPS) is 22.3. The summed E-state index contributed by atoms with van der Waals surface area (Å²) in [6, 6.07) is 22.9. The smallest absolute Gasteiger partial charge is 0.137 e. The van der Waals surface area contributed by atoms with Crippen LogP contribution in [0.15, 0.2) is 79.4 Å². The van der Waals surface area contributed by atoms with Crippen molar-refractivity contribution in [2.45, 2.75) is 24.6 Å². The molecule has 0 amide bonds. The fourth-order valence-electron chi connectivity index (χ4n) is 4.25. The molecule has 2 heterocycles. The Labute approximate surface area is 174 Å². The third-order valence-electron chi connectivity index (χ3n) is 5.83. The molecule has 29 heavy (non-hydrogen) atoms. The second-order valence-electron chi connectivity index (χ2n) is 7.53. The van der Waals surface area contributed by atoms with E-state index < -0.39 is 0 Å². The molecule has 2 atom stereocenters. The molecule has 1 saturated heterocycles. The molecule has 0 N–H and O–H groups in total. The molecule has 3 aromatic carbocycles. The number of fused-ring (bicyclic) bond motifs is 1. The van der Waals surface area contributed by atoms with E-state index in [0.29, 0.717) is 6.54 Å². The number of likely N-dealkylation sites (N-methyl/N-ethyl adjacent to an activating group) is 1. The van der Waals surface area contributed by atoms with Crippen molar-refractivity contribution in [1.82, 2.24) is 19.8 Å². The summed E-state index contributed by atoms with van der Waals surface area (Å²) in [7, 11) is 1.99. The number of hydrogen-bond acceptors (Lipinski definition) is 4. The lowest BCUT2D eigenvalue weighted by Gasteiger charge is -2.34. The maximum atomic E-state index is 6.38. The first-order valence-corrected chi connectivity index (χ1v) is 10.00. The molecule has 0 radical (unpaired) electrons. The Kier molecular flexibility index (Phi) is 4.59. The molecule has 0 spiro atoms. The van der Waals surface area contributed by atoms with Gasteiger partial charge in [0.2, 0.25) is 0 Å². The van der Waals surface area contributed by atoms with Crippen LogP contribution in [0.25, 0.3) is 10.8 Å². The summed E-state index contributed by atoms with van der Waals surface area (Å²) in [4.78, 5) is 10.5. The molecule has 0 unspecified atom stereocenters. The van der Waals surface area contributed by atoms with Crippen LogP contribution in [-0.4, -0.2) is 26.9 Å². The van der Waals surface area contributed by atoms with Crippen LogP contribution in [0, 0.1) is 0 Å². The average Bonchev–Trinajstić information content (AvgIpc) is 3.37. The van der Waals surface area contributed by atoms with Crippen LogP contribution >= 0.6 is 11.6 Å². The summed E-state index contributed by atoms with van der Waals surface area (Å²) in [5.41, 5.74) is 1.93. The Bertz CT molecular complexity index is 1130. The van der Waals surface area contributed by atoms with Crippen molar-refractivity contribution in [3.8, 4) is 0 Å². The van der Waals surface area contributed by atoms with Gasteiger partial charge in [0, 0.05) is 18.5 Å². The maximum absolute atomic E-state index is 6.38. The highest BCUT2D eigenvalue weighted by atomic mass is 35.5. The Balaban J connectivity index is 1.55. The summed E-state index contributed by atoms with van der Waals surface area (Å²) in [6.07, 6.45) is 4.05. The van der Waals surface area contributed by atoms with Crippen LogP contribution in [0.5, 0.6) is 0 Å². The molecule has 0 bridgehead atoms. The molecular formula is C23H21ClN4O. The number of rotatable bonds is 4. The molecule has 0 aliphatic carbocycles. The number of benzene rings is 3. The Hall–Kier alpha value is -2.73. The van der Waals surface area contributed by atoms with Gasteiger partial charge in [0.05, 0.1) is 12.1 Å². The van der Waals surface area contributed by atoms with E-state index in [-0.39, 0.29) is 11.6 Å². The van der Waals surface area contributed by atoms with Gasteiger partial charge in [-0.05, 0) is 40.1 Å². The van der Waals surface area contributed by atoms with E-state index in [9.17, 15) is 0 Å². The minimum Gasteiger partial charge on any atom is -0.290 e. The molecule has 6 heteroatoms.